The summed E-state index contributed by atoms with van der Waals surface area (Å²) in [6.07, 6.45) is -2.43. The average Bonchev–Trinajstić information content (AvgIpc) is 3.27. The number of hydrogen-bond donors (Lipinski definition) is 1. The molecule has 1 heterocycles. The van der Waals surface area contributed by atoms with E-state index in [2.05, 4.69) is 4.98 Å². The first-order valence-corrected chi connectivity index (χ1v) is 10.9. The van der Waals surface area contributed by atoms with Gasteiger partial charge in [-0.2, -0.15) is 13.2 Å². The van der Waals surface area contributed by atoms with Crippen molar-refractivity contribution in [2.75, 3.05) is 5.73 Å². The summed E-state index contributed by atoms with van der Waals surface area (Å²) >= 11 is 6.04. The van der Waals surface area contributed by atoms with Gasteiger partial charge < -0.3 is 20.4 Å². The third-order valence-corrected chi connectivity index (χ3v) is 5.99. The zero-order valence-electron chi connectivity index (χ0n) is 19.1. The molecule has 1 aromatic heterocycles. The van der Waals surface area contributed by atoms with Crippen molar-refractivity contribution in [2.45, 2.75) is 32.0 Å². The van der Waals surface area contributed by atoms with Crippen LogP contribution in [0.25, 0.3) is 11.1 Å². The minimum atomic E-state index is -4.64. The van der Waals surface area contributed by atoms with E-state index in [1.54, 1.807) is 6.07 Å². The number of halogens is 5. The summed E-state index contributed by atoms with van der Waals surface area (Å²) in [5, 5.41) is 11.5. The molecule has 0 saturated heterocycles. The molecule has 0 spiro atoms. The van der Waals surface area contributed by atoms with Gasteiger partial charge in [-0.05, 0) is 77.9 Å². The van der Waals surface area contributed by atoms with E-state index >= 15 is 0 Å². The molecule has 0 unspecified atom stereocenters. The van der Waals surface area contributed by atoms with Crippen LogP contribution in [-0.4, -0.2) is 11.0 Å². The molecule has 0 radical (unpaired) electrons. The molecule has 3 aromatic rings. The van der Waals surface area contributed by atoms with E-state index < -0.39 is 23.5 Å². The zero-order valence-corrected chi connectivity index (χ0v) is 21.8. The van der Waals surface area contributed by atoms with Crippen LogP contribution in [0.15, 0.2) is 48.7 Å². The number of benzene rings is 2. The number of carboxylic acid groups (broad SMARTS) is 1. The molecule has 5 nitrogen and oxygen atoms in total. The number of ether oxygens (including phenoxy) is 1. The van der Waals surface area contributed by atoms with Gasteiger partial charge in [-0.3, -0.25) is 0 Å². The van der Waals surface area contributed by atoms with Crippen LogP contribution in [-0.2, 0) is 12.8 Å². The number of alkyl halides is 3. The van der Waals surface area contributed by atoms with E-state index in [9.17, 15) is 27.5 Å². The number of hydrogen-bond acceptors (Lipinski definition) is 5. The first kappa shape index (κ1) is 28.0. The Bertz CT molecular complexity index is 1350. The predicted octanol–water partition coefficient (Wildman–Crippen LogP) is 2.52. The number of pyridine rings is 1. The smallest absolute Gasteiger partial charge is 0.545 e. The molecule has 1 aliphatic carbocycles. The number of nitrogen functional groups attached to an aromatic ring is 1. The number of allylic oxidation sites excluding steroid dienone is 2. The first-order chi connectivity index (χ1) is 16.5. The Hall–Kier alpha value is -2.59. The van der Waals surface area contributed by atoms with E-state index in [4.69, 9.17) is 22.1 Å². The van der Waals surface area contributed by atoms with Crippen molar-refractivity contribution in [3.63, 3.8) is 0 Å². The predicted molar refractivity (Wildman–Crippen MR) is 121 cm³/mol. The fraction of sp³-hybridized carbons (Fsp3) is 0.200. The molecular weight excluding hydrogens is 511 g/mol. The Kier molecular flexibility index (Phi) is 8.71. The van der Waals surface area contributed by atoms with Gasteiger partial charge in [-0.25, -0.2) is 9.37 Å². The molecule has 0 saturated carbocycles. The van der Waals surface area contributed by atoms with Crippen LogP contribution in [0.3, 0.4) is 0 Å². The second-order valence-electron chi connectivity index (χ2n) is 8.04. The maximum absolute atomic E-state index is 13.5. The Labute approximate surface area is 231 Å². The normalized spacial score (nSPS) is 13.5. The fourth-order valence-electron chi connectivity index (χ4n) is 4.03. The van der Waals surface area contributed by atoms with E-state index in [1.807, 2.05) is 0 Å². The summed E-state index contributed by atoms with van der Waals surface area (Å²) in [5.74, 6) is -2.01. The van der Waals surface area contributed by atoms with Gasteiger partial charge in [0.15, 0.2) is 0 Å². The molecule has 182 valence electrons. The minimum Gasteiger partial charge on any atom is -0.545 e. The van der Waals surface area contributed by atoms with Gasteiger partial charge >= 0.3 is 35.7 Å². The molecule has 0 fully saturated rings. The second-order valence-corrected chi connectivity index (χ2v) is 8.45. The number of anilines is 1. The molecule has 2 aromatic carbocycles. The summed E-state index contributed by atoms with van der Waals surface area (Å²) in [6, 6.07) is 8.86. The van der Waals surface area contributed by atoms with Gasteiger partial charge in [-0.1, -0.05) is 17.7 Å². The van der Waals surface area contributed by atoms with Crippen molar-refractivity contribution in [3.05, 3.63) is 87.3 Å². The van der Waals surface area contributed by atoms with Crippen LogP contribution >= 0.6 is 11.6 Å². The number of aromatic nitrogens is 1. The van der Waals surface area contributed by atoms with Crippen molar-refractivity contribution in [3.8, 4) is 5.88 Å². The third-order valence-electron chi connectivity index (χ3n) is 5.64. The number of aromatic carboxylic acids is 1. The Balaban J connectivity index is 0.00000361. The SMILES string of the molecule is Nc1cc(C(=O)[O-])cc(C2=C(c3cc(C(F)(F)F)cnc3OCc3ccc(F)cc3Cl)CCC2)c1.[Na+]. The van der Waals surface area contributed by atoms with Crippen LogP contribution < -0.4 is 45.1 Å². The number of carbonyl (C=O) groups is 1. The molecule has 0 atom stereocenters. The van der Waals surface area contributed by atoms with Crippen molar-refractivity contribution >= 4 is 34.4 Å². The average molecular weight is 529 g/mol. The Morgan fingerprint density at radius 3 is 2.50 bits per heavy atom. The number of nitrogens with two attached hydrogens (primary N) is 1. The maximum atomic E-state index is 13.5. The van der Waals surface area contributed by atoms with Crippen molar-refractivity contribution < 1.29 is 61.8 Å². The molecule has 2 N–H and O–H groups in total. The van der Waals surface area contributed by atoms with Crippen LogP contribution in [0.2, 0.25) is 5.02 Å². The molecular formula is C25H18ClF4N2NaO3. The van der Waals surface area contributed by atoms with E-state index in [-0.39, 0.29) is 63.9 Å². The number of rotatable bonds is 6. The quantitative estimate of drug-likeness (QED) is 0.302. The monoisotopic (exact) mass is 528 g/mol. The largest absolute Gasteiger partial charge is 1.00 e. The number of nitrogens with zero attached hydrogens (tertiary/aromatic N) is 1. The summed E-state index contributed by atoms with van der Waals surface area (Å²) in [4.78, 5) is 15.3. The molecule has 36 heavy (non-hydrogen) atoms. The zero-order chi connectivity index (χ0) is 25.3. The van der Waals surface area contributed by atoms with E-state index in [1.165, 1.54) is 24.3 Å². The first-order valence-electron chi connectivity index (χ1n) is 10.5. The van der Waals surface area contributed by atoms with Crippen LogP contribution in [0.5, 0.6) is 5.88 Å². The summed E-state index contributed by atoms with van der Waals surface area (Å²) in [6.45, 7) is -0.153. The molecule has 0 bridgehead atoms. The van der Waals surface area contributed by atoms with Crippen molar-refractivity contribution in [2.24, 2.45) is 0 Å². The van der Waals surface area contributed by atoms with Gasteiger partial charge in [0.2, 0.25) is 5.88 Å². The van der Waals surface area contributed by atoms with Gasteiger partial charge in [0, 0.05) is 23.0 Å². The standard InChI is InChI=1S/C25H19ClF4N2O3.Na/c26-22-10-17(27)5-4-13(22)12-35-23-21(9-16(11-32-23)25(28,29)30)20-3-1-2-19(20)14-6-15(24(33)34)8-18(31)7-14;/h4-11H,1-3,12,31H2,(H,33,34);/q;+1/p-1. The second kappa shape index (κ2) is 11.2. The Morgan fingerprint density at radius 1 is 1.11 bits per heavy atom. The minimum absolute atomic E-state index is 0. The summed E-state index contributed by atoms with van der Waals surface area (Å²) in [5.41, 5.74) is 7.16. The summed E-state index contributed by atoms with van der Waals surface area (Å²) < 4.78 is 59.6. The van der Waals surface area contributed by atoms with Crippen molar-refractivity contribution in [1.29, 1.82) is 0 Å². The molecule has 4 rings (SSSR count). The third kappa shape index (κ3) is 6.21. The van der Waals surface area contributed by atoms with Crippen LogP contribution in [0, 0.1) is 5.82 Å². The van der Waals surface area contributed by atoms with Gasteiger partial charge in [-0.15, -0.1) is 0 Å². The number of carbonyl (C=O) groups excluding carboxylic acids is 1. The summed E-state index contributed by atoms with van der Waals surface area (Å²) in [7, 11) is 0. The van der Waals surface area contributed by atoms with E-state index in [0.717, 1.165) is 12.1 Å². The molecule has 11 heteroatoms. The molecule has 1 aliphatic rings. The van der Waals surface area contributed by atoms with Crippen LogP contribution in [0.4, 0.5) is 23.2 Å². The topological polar surface area (TPSA) is 88.3 Å². The van der Waals surface area contributed by atoms with Gasteiger partial charge in [0.25, 0.3) is 0 Å². The maximum Gasteiger partial charge on any atom is 1.00 e. The van der Waals surface area contributed by atoms with Crippen molar-refractivity contribution in [1.82, 2.24) is 4.98 Å². The molecule has 0 amide bonds. The van der Waals surface area contributed by atoms with Gasteiger partial charge in [0.1, 0.15) is 12.4 Å². The Morgan fingerprint density at radius 2 is 1.83 bits per heavy atom. The van der Waals surface area contributed by atoms with Gasteiger partial charge in [0.05, 0.1) is 16.6 Å². The molecule has 0 aliphatic heterocycles. The van der Waals surface area contributed by atoms with Crippen LogP contribution in [0.1, 0.15) is 51.9 Å². The number of carboxylic acids is 1. The van der Waals surface area contributed by atoms with E-state index in [0.29, 0.717) is 47.7 Å². The fourth-order valence-corrected chi connectivity index (χ4v) is 4.25.